The maximum absolute atomic E-state index is 12.7. The van der Waals surface area contributed by atoms with Gasteiger partial charge in [0.2, 0.25) is 0 Å². The molecule has 1 heterocycles. The van der Waals surface area contributed by atoms with Gasteiger partial charge in [-0.05, 0) is 39.8 Å². The molecule has 2 rings (SSSR count). The second-order valence-electron chi connectivity index (χ2n) is 5.81. The first kappa shape index (κ1) is 14.9. The Morgan fingerprint density at radius 2 is 1.85 bits per heavy atom. The quantitative estimate of drug-likeness (QED) is 0.923. The number of anilines is 1. The molecule has 0 aliphatic carbocycles. The summed E-state index contributed by atoms with van der Waals surface area (Å²) in [6, 6.07) is 8.00. The van der Waals surface area contributed by atoms with Crippen LogP contribution in [0.5, 0.6) is 0 Å². The van der Waals surface area contributed by atoms with Crippen molar-refractivity contribution in [2.45, 2.75) is 45.9 Å². The highest BCUT2D eigenvalue weighted by atomic mass is 16.5. The van der Waals surface area contributed by atoms with Crippen molar-refractivity contribution in [3.8, 4) is 0 Å². The molecular formula is C16H24N2O2. The number of ether oxygens (including phenoxy) is 1. The van der Waals surface area contributed by atoms with E-state index in [0.717, 1.165) is 11.3 Å². The van der Waals surface area contributed by atoms with E-state index in [2.05, 4.69) is 19.2 Å². The number of rotatable bonds is 3. The fourth-order valence-corrected chi connectivity index (χ4v) is 2.62. The summed E-state index contributed by atoms with van der Waals surface area (Å²) in [5, 5.41) is 3.34. The zero-order chi connectivity index (χ0) is 14.7. The SMILES string of the molecule is CC(C)Nc1ccccc1C(=O)N1CC(C)OC(C)C1. The molecule has 1 aliphatic rings. The largest absolute Gasteiger partial charge is 0.382 e. The lowest BCUT2D eigenvalue weighted by Crippen LogP contribution is -2.48. The molecule has 1 fully saturated rings. The Bertz CT molecular complexity index is 463. The van der Waals surface area contributed by atoms with E-state index < -0.39 is 0 Å². The van der Waals surface area contributed by atoms with Crippen LogP contribution in [-0.2, 0) is 4.74 Å². The first-order valence-corrected chi connectivity index (χ1v) is 7.27. The summed E-state index contributed by atoms with van der Waals surface area (Å²) in [7, 11) is 0. The molecule has 4 nitrogen and oxygen atoms in total. The fraction of sp³-hybridized carbons (Fsp3) is 0.562. The molecule has 1 aromatic carbocycles. The lowest BCUT2D eigenvalue weighted by Gasteiger charge is -2.35. The molecule has 4 heteroatoms. The van der Waals surface area contributed by atoms with Crippen molar-refractivity contribution in [2.75, 3.05) is 18.4 Å². The predicted molar refractivity (Wildman–Crippen MR) is 81.1 cm³/mol. The van der Waals surface area contributed by atoms with Crippen LogP contribution in [0, 0.1) is 0 Å². The summed E-state index contributed by atoms with van der Waals surface area (Å²) in [6.45, 7) is 9.46. The van der Waals surface area contributed by atoms with Crippen LogP contribution in [0.15, 0.2) is 24.3 Å². The van der Waals surface area contributed by atoms with Crippen LogP contribution >= 0.6 is 0 Å². The van der Waals surface area contributed by atoms with Gasteiger partial charge >= 0.3 is 0 Å². The highest BCUT2D eigenvalue weighted by Gasteiger charge is 2.27. The topological polar surface area (TPSA) is 41.6 Å². The molecule has 1 aromatic rings. The second kappa shape index (κ2) is 6.27. The molecule has 1 amide bonds. The Balaban J connectivity index is 2.20. The molecule has 0 bridgehead atoms. The molecule has 2 atom stereocenters. The van der Waals surface area contributed by atoms with Crippen LogP contribution in [0.2, 0.25) is 0 Å². The Morgan fingerprint density at radius 1 is 1.25 bits per heavy atom. The molecule has 0 saturated carbocycles. The minimum absolute atomic E-state index is 0.0794. The minimum Gasteiger partial charge on any atom is -0.382 e. The average molecular weight is 276 g/mol. The summed E-state index contributed by atoms with van der Waals surface area (Å²) < 4.78 is 5.69. The van der Waals surface area contributed by atoms with E-state index in [0.29, 0.717) is 19.1 Å². The van der Waals surface area contributed by atoms with Gasteiger partial charge in [-0.25, -0.2) is 0 Å². The van der Waals surface area contributed by atoms with Gasteiger partial charge < -0.3 is 15.0 Å². The summed E-state index contributed by atoms with van der Waals surface area (Å²) >= 11 is 0. The van der Waals surface area contributed by atoms with E-state index >= 15 is 0 Å². The molecular weight excluding hydrogens is 252 g/mol. The van der Waals surface area contributed by atoms with Crippen molar-refractivity contribution in [3.05, 3.63) is 29.8 Å². The summed E-state index contributed by atoms with van der Waals surface area (Å²) in [5.74, 6) is 0.0794. The Kier molecular flexibility index (Phi) is 4.65. The van der Waals surface area contributed by atoms with Crippen molar-refractivity contribution < 1.29 is 9.53 Å². The number of nitrogens with zero attached hydrogens (tertiary/aromatic N) is 1. The zero-order valence-electron chi connectivity index (χ0n) is 12.7. The lowest BCUT2D eigenvalue weighted by molar-refractivity contribution is -0.0585. The van der Waals surface area contributed by atoms with Gasteiger partial charge in [0.1, 0.15) is 0 Å². The number of carbonyl (C=O) groups is 1. The normalized spacial score (nSPS) is 22.9. The Hall–Kier alpha value is -1.55. The monoisotopic (exact) mass is 276 g/mol. The van der Waals surface area contributed by atoms with Crippen molar-refractivity contribution in [2.24, 2.45) is 0 Å². The van der Waals surface area contributed by atoms with E-state index in [-0.39, 0.29) is 18.1 Å². The molecule has 1 aliphatic heterocycles. The molecule has 20 heavy (non-hydrogen) atoms. The standard InChI is InChI=1S/C16H24N2O2/c1-11(2)17-15-8-6-5-7-14(15)16(19)18-9-12(3)20-13(4)10-18/h5-8,11-13,17H,9-10H2,1-4H3. The third-order valence-electron chi connectivity index (χ3n) is 3.31. The Morgan fingerprint density at radius 3 is 2.45 bits per heavy atom. The number of amides is 1. The van der Waals surface area contributed by atoms with Gasteiger partial charge in [-0.1, -0.05) is 12.1 Å². The summed E-state index contributed by atoms with van der Waals surface area (Å²) in [6.07, 6.45) is 0.181. The highest BCUT2D eigenvalue weighted by molar-refractivity contribution is 5.99. The van der Waals surface area contributed by atoms with Crippen molar-refractivity contribution in [1.82, 2.24) is 4.90 Å². The van der Waals surface area contributed by atoms with Crippen LogP contribution in [-0.4, -0.2) is 42.1 Å². The van der Waals surface area contributed by atoms with E-state index in [1.165, 1.54) is 0 Å². The lowest BCUT2D eigenvalue weighted by atomic mass is 10.1. The van der Waals surface area contributed by atoms with Crippen LogP contribution in [0.1, 0.15) is 38.1 Å². The number of nitrogens with one attached hydrogen (secondary N) is 1. The number of morpholine rings is 1. The van der Waals surface area contributed by atoms with Crippen LogP contribution in [0.4, 0.5) is 5.69 Å². The van der Waals surface area contributed by atoms with Crippen molar-refractivity contribution in [3.63, 3.8) is 0 Å². The van der Waals surface area contributed by atoms with Gasteiger partial charge in [0, 0.05) is 24.8 Å². The molecule has 0 aromatic heterocycles. The van der Waals surface area contributed by atoms with Crippen molar-refractivity contribution in [1.29, 1.82) is 0 Å². The molecule has 2 unspecified atom stereocenters. The average Bonchev–Trinajstić information content (AvgIpc) is 2.36. The molecule has 0 spiro atoms. The van der Waals surface area contributed by atoms with E-state index in [4.69, 9.17) is 4.74 Å². The van der Waals surface area contributed by atoms with E-state index in [1.54, 1.807) is 0 Å². The fourth-order valence-electron chi connectivity index (χ4n) is 2.62. The van der Waals surface area contributed by atoms with Gasteiger partial charge in [-0.2, -0.15) is 0 Å². The highest BCUT2D eigenvalue weighted by Crippen LogP contribution is 2.20. The molecule has 1 saturated heterocycles. The van der Waals surface area contributed by atoms with E-state index in [1.807, 2.05) is 43.0 Å². The third kappa shape index (κ3) is 3.51. The van der Waals surface area contributed by atoms with Crippen LogP contribution in [0.3, 0.4) is 0 Å². The Labute approximate surface area is 121 Å². The zero-order valence-corrected chi connectivity index (χ0v) is 12.7. The first-order valence-electron chi connectivity index (χ1n) is 7.27. The van der Waals surface area contributed by atoms with Crippen LogP contribution < -0.4 is 5.32 Å². The summed E-state index contributed by atoms with van der Waals surface area (Å²) in [4.78, 5) is 14.6. The number of carbonyl (C=O) groups excluding carboxylic acids is 1. The second-order valence-corrected chi connectivity index (χ2v) is 5.81. The molecule has 110 valence electrons. The number of hydrogen-bond donors (Lipinski definition) is 1. The number of hydrogen-bond acceptors (Lipinski definition) is 3. The van der Waals surface area contributed by atoms with Gasteiger partial charge in [0.25, 0.3) is 5.91 Å². The first-order chi connectivity index (χ1) is 9.47. The molecule has 0 radical (unpaired) electrons. The van der Waals surface area contributed by atoms with Gasteiger partial charge in [0.15, 0.2) is 0 Å². The maximum atomic E-state index is 12.7. The summed E-state index contributed by atoms with van der Waals surface area (Å²) in [5.41, 5.74) is 1.64. The molecule has 1 N–H and O–H groups in total. The van der Waals surface area contributed by atoms with Gasteiger partial charge in [-0.3, -0.25) is 4.79 Å². The van der Waals surface area contributed by atoms with Gasteiger partial charge in [0.05, 0.1) is 17.8 Å². The maximum Gasteiger partial charge on any atom is 0.256 e. The number of para-hydroxylation sites is 1. The van der Waals surface area contributed by atoms with Crippen LogP contribution in [0.25, 0.3) is 0 Å². The van der Waals surface area contributed by atoms with Gasteiger partial charge in [-0.15, -0.1) is 0 Å². The number of benzene rings is 1. The van der Waals surface area contributed by atoms with Crippen molar-refractivity contribution >= 4 is 11.6 Å². The van der Waals surface area contributed by atoms with E-state index in [9.17, 15) is 4.79 Å². The minimum atomic E-state index is 0.0794. The predicted octanol–water partition coefficient (Wildman–Crippen LogP) is 2.76. The smallest absolute Gasteiger partial charge is 0.256 e. The third-order valence-corrected chi connectivity index (χ3v) is 3.31.